The molecule has 7 nitrogen and oxygen atoms in total. The number of aromatic hydroxyl groups is 1. The molecule has 0 aliphatic carbocycles. The molecule has 0 aliphatic heterocycles. The summed E-state index contributed by atoms with van der Waals surface area (Å²) in [5.41, 5.74) is 0.936. The summed E-state index contributed by atoms with van der Waals surface area (Å²) in [6, 6.07) is 9.43. The van der Waals surface area contributed by atoms with Gasteiger partial charge in [0.05, 0.1) is 16.1 Å². The molecule has 0 radical (unpaired) electrons. The molecule has 128 valence electrons. The van der Waals surface area contributed by atoms with Crippen LogP contribution < -0.4 is 35.2 Å². The van der Waals surface area contributed by atoms with Gasteiger partial charge in [0.2, 0.25) is 0 Å². The van der Waals surface area contributed by atoms with Gasteiger partial charge < -0.3 is 14.1 Å². The first-order valence-corrected chi connectivity index (χ1v) is 8.53. The molecular weight excluding hydrogens is 369 g/mol. The van der Waals surface area contributed by atoms with Gasteiger partial charge in [-0.25, -0.2) is 13.2 Å². The van der Waals surface area contributed by atoms with Crippen molar-refractivity contribution in [2.75, 3.05) is 0 Å². The fourth-order valence-electron chi connectivity index (χ4n) is 2.36. The van der Waals surface area contributed by atoms with Crippen LogP contribution in [0, 0.1) is 6.92 Å². The second kappa shape index (κ2) is 7.73. The van der Waals surface area contributed by atoms with Gasteiger partial charge in [0.1, 0.15) is 15.9 Å². The monoisotopic (exact) mass is 381 g/mol. The Kier molecular flexibility index (Phi) is 6.05. The maximum absolute atomic E-state index is 11.6. The largest absolute Gasteiger partial charge is 1.00 e. The maximum Gasteiger partial charge on any atom is 1.00 e. The van der Waals surface area contributed by atoms with Gasteiger partial charge in [-0.15, -0.1) is 0 Å². The van der Waals surface area contributed by atoms with Gasteiger partial charge in [-0.1, -0.05) is 0 Å². The number of hydrogen-bond donors (Lipinski definition) is 1. The first-order valence-electron chi connectivity index (χ1n) is 7.12. The van der Waals surface area contributed by atoms with E-state index in [0.29, 0.717) is 16.6 Å². The van der Waals surface area contributed by atoms with Crippen LogP contribution in [-0.4, -0.2) is 24.3 Å². The predicted molar refractivity (Wildman–Crippen MR) is 90.5 cm³/mol. The van der Waals surface area contributed by atoms with Crippen molar-refractivity contribution < 1.29 is 52.1 Å². The Morgan fingerprint density at radius 2 is 1.81 bits per heavy atom. The smallest absolute Gasteiger partial charge is 0.744 e. The number of benzene rings is 2. The number of phenols is 1. The van der Waals surface area contributed by atoms with Crippen molar-refractivity contribution in [1.29, 1.82) is 0 Å². The molecule has 3 aromatic rings. The van der Waals surface area contributed by atoms with Crippen molar-refractivity contribution in [2.24, 2.45) is 4.99 Å². The van der Waals surface area contributed by atoms with Crippen molar-refractivity contribution in [1.82, 2.24) is 0 Å². The minimum Gasteiger partial charge on any atom is -0.744 e. The van der Waals surface area contributed by atoms with Crippen LogP contribution in [0.3, 0.4) is 0 Å². The van der Waals surface area contributed by atoms with Crippen LogP contribution in [-0.2, 0) is 10.1 Å². The zero-order valence-corrected chi connectivity index (χ0v) is 16.8. The van der Waals surface area contributed by atoms with E-state index in [4.69, 9.17) is 4.42 Å². The molecule has 0 unspecified atom stereocenters. The Balaban J connectivity index is 0.00000243. The van der Waals surface area contributed by atoms with Gasteiger partial charge in [0.15, 0.2) is 5.58 Å². The zero-order chi connectivity index (χ0) is 18.2. The molecule has 0 atom stereocenters. The number of fused-ring (bicyclic) bond motifs is 1. The normalized spacial score (nSPS) is 11.6. The molecule has 3 rings (SSSR count). The molecule has 9 heteroatoms. The first kappa shape index (κ1) is 20.3. The number of aliphatic imine (C=N–C) groups is 1. The second-order valence-corrected chi connectivity index (χ2v) is 6.71. The summed E-state index contributed by atoms with van der Waals surface area (Å²) in [6.45, 7) is 1.75. The van der Waals surface area contributed by atoms with E-state index in [2.05, 4.69) is 4.99 Å². The summed E-state index contributed by atoms with van der Waals surface area (Å²) in [7, 11) is -4.52. The zero-order valence-electron chi connectivity index (χ0n) is 14.0. The van der Waals surface area contributed by atoms with Gasteiger partial charge in [-0.05, 0) is 48.9 Å². The van der Waals surface area contributed by atoms with E-state index < -0.39 is 15.7 Å². The molecule has 0 spiro atoms. The predicted octanol–water partition coefficient (Wildman–Crippen LogP) is -0.534. The summed E-state index contributed by atoms with van der Waals surface area (Å²) >= 11 is 0. The molecule has 0 aliphatic rings. The first-order chi connectivity index (χ1) is 11.8. The minimum atomic E-state index is -4.52. The molecule has 2 aromatic carbocycles. The summed E-state index contributed by atoms with van der Waals surface area (Å²) < 4.78 is 37.9. The van der Waals surface area contributed by atoms with E-state index in [1.807, 2.05) is 0 Å². The standard InChI is InChI=1S/C17H13NO6S.Na/c1-10-8-16(20)24-17-13(10)6-7-15(19)14(17)9-18-11-2-4-12(5-3-11)25(21,22)23;/h2-9,19H,1H3,(H,21,22,23);/q;+1/p-1. The van der Waals surface area contributed by atoms with Crippen molar-refractivity contribution in [2.45, 2.75) is 11.8 Å². The van der Waals surface area contributed by atoms with Crippen molar-refractivity contribution in [3.63, 3.8) is 0 Å². The number of nitrogens with zero attached hydrogens (tertiary/aromatic N) is 1. The van der Waals surface area contributed by atoms with Crippen LogP contribution in [0.25, 0.3) is 11.0 Å². The number of phenolic OH excluding ortho intramolecular Hbond substituents is 1. The third-order valence-corrected chi connectivity index (χ3v) is 4.45. The minimum absolute atomic E-state index is 0. The Morgan fingerprint density at radius 1 is 1.15 bits per heavy atom. The van der Waals surface area contributed by atoms with E-state index >= 15 is 0 Å². The Morgan fingerprint density at radius 3 is 2.42 bits per heavy atom. The molecule has 1 aromatic heterocycles. The Bertz CT molecular complexity index is 1150. The maximum atomic E-state index is 11.6. The Labute approximate surface area is 171 Å². The van der Waals surface area contributed by atoms with Gasteiger partial charge in [-0.3, -0.25) is 4.99 Å². The molecule has 1 heterocycles. The molecule has 0 saturated carbocycles. The van der Waals surface area contributed by atoms with E-state index in [1.165, 1.54) is 30.5 Å². The van der Waals surface area contributed by atoms with Crippen LogP contribution in [0.2, 0.25) is 0 Å². The van der Waals surface area contributed by atoms with Crippen LogP contribution in [0.15, 0.2) is 61.6 Å². The molecule has 1 N–H and O–H groups in total. The van der Waals surface area contributed by atoms with E-state index in [-0.39, 0.29) is 51.3 Å². The molecule has 26 heavy (non-hydrogen) atoms. The van der Waals surface area contributed by atoms with Crippen LogP contribution in [0.4, 0.5) is 5.69 Å². The van der Waals surface area contributed by atoms with E-state index in [0.717, 1.165) is 12.1 Å². The quantitative estimate of drug-likeness (QED) is 0.282. The average Bonchev–Trinajstić information content (AvgIpc) is 2.53. The molecule has 0 fully saturated rings. The fraction of sp³-hybridized carbons (Fsp3) is 0.0588. The van der Waals surface area contributed by atoms with E-state index in [9.17, 15) is 22.9 Å². The summed E-state index contributed by atoms with van der Waals surface area (Å²) in [5.74, 6) is -0.122. The van der Waals surface area contributed by atoms with Gasteiger partial charge in [0.25, 0.3) is 0 Å². The van der Waals surface area contributed by atoms with Crippen molar-refractivity contribution >= 4 is 33.0 Å². The third-order valence-electron chi connectivity index (χ3n) is 3.60. The van der Waals surface area contributed by atoms with Gasteiger partial charge in [0, 0.05) is 17.7 Å². The molecule has 0 saturated heterocycles. The molecular formula is C17H12NNaO6S. The summed E-state index contributed by atoms with van der Waals surface area (Å²) in [6.07, 6.45) is 1.31. The van der Waals surface area contributed by atoms with Crippen molar-refractivity contribution in [3.05, 3.63) is 64.0 Å². The number of hydrogen-bond acceptors (Lipinski definition) is 7. The van der Waals surface area contributed by atoms with Gasteiger partial charge in [-0.2, -0.15) is 0 Å². The number of aryl methyl sites for hydroxylation is 1. The van der Waals surface area contributed by atoms with Crippen LogP contribution in [0.5, 0.6) is 5.75 Å². The second-order valence-electron chi connectivity index (χ2n) is 5.33. The third kappa shape index (κ3) is 4.22. The topological polar surface area (TPSA) is 120 Å². The van der Waals surface area contributed by atoms with E-state index in [1.54, 1.807) is 13.0 Å². The fourth-order valence-corrected chi connectivity index (χ4v) is 2.83. The number of rotatable bonds is 3. The van der Waals surface area contributed by atoms with Gasteiger partial charge >= 0.3 is 35.2 Å². The SMILES string of the molecule is Cc1cc(=O)oc2c(C=Nc3ccc(S(=O)(=O)[O-])cc3)c(O)ccc12.[Na+]. The Hall–Kier alpha value is -1.97. The summed E-state index contributed by atoms with van der Waals surface area (Å²) in [4.78, 5) is 15.4. The molecule has 0 amide bonds. The van der Waals surface area contributed by atoms with Crippen LogP contribution >= 0.6 is 0 Å². The van der Waals surface area contributed by atoms with Crippen molar-refractivity contribution in [3.8, 4) is 5.75 Å². The summed E-state index contributed by atoms with van der Waals surface area (Å²) in [5, 5.41) is 10.7. The average molecular weight is 381 g/mol. The van der Waals surface area contributed by atoms with Crippen LogP contribution in [0.1, 0.15) is 11.1 Å². The molecule has 0 bridgehead atoms.